The molecule has 0 spiro atoms. The first-order valence-corrected chi connectivity index (χ1v) is 9.40. The molecule has 0 saturated carbocycles. The second-order valence-corrected chi connectivity index (χ2v) is 7.17. The Morgan fingerprint density at radius 1 is 1.27 bits per heavy atom. The summed E-state index contributed by atoms with van der Waals surface area (Å²) in [4.78, 5) is 20.9. The highest BCUT2D eigenvalue weighted by Crippen LogP contribution is 2.24. The third-order valence-electron chi connectivity index (χ3n) is 4.91. The number of oxazole rings is 1. The summed E-state index contributed by atoms with van der Waals surface area (Å²) in [5, 5.41) is 0.674. The topological polar surface area (TPSA) is 58.8 Å². The van der Waals surface area contributed by atoms with Gasteiger partial charge in [-0.2, -0.15) is 0 Å². The number of hydrogen-bond donors (Lipinski definition) is 0. The molecule has 138 valence electrons. The molecule has 2 aliphatic rings. The molecule has 1 atom stereocenters. The molecule has 3 heterocycles. The van der Waals surface area contributed by atoms with Gasteiger partial charge < -0.3 is 14.1 Å². The molecule has 7 heteroatoms. The molecule has 0 aliphatic carbocycles. The van der Waals surface area contributed by atoms with Crippen molar-refractivity contribution >= 4 is 17.5 Å². The monoisotopic (exact) mass is 375 g/mol. The predicted molar refractivity (Wildman–Crippen MR) is 97.8 cm³/mol. The average molecular weight is 376 g/mol. The highest BCUT2D eigenvalue weighted by molar-refractivity contribution is 6.30. The van der Waals surface area contributed by atoms with Gasteiger partial charge in [-0.25, -0.2) is 4.98 Å². The van der Waals surface area contributed by atoms with Gasteiger partial charge in [0.05, 0.1) is 12.7 Å². The molecule has 0 unspecified atom stereocenters. The molecule has 2 aromatic rings. The van der Waals surface area contributed by atoms with E-state index in [9.17, 15) is 4.79 Å². The van der Waals surface area contributed by atoms with E-state index in [4.69, 9.17) is 20.8 Å². The first kappa shape index (κ1) is 17.5. The van der Waals surface area contributed by atoms with Crippen LogP contribution in [0, 0.1) is 0 Å². The Morgan fingerprint density at radius 3 is 2.85 bits per heavy atom. The Bertz CT molecular complexity index is 765. The maximum absolute atomic E-state index is 12.4. The minimum Gasteiger partial charge on any atom is -0.439 e. The van der Waals surface area contributed by atoms with Gasteiger partial charge >= 0.3 is 0 Å². The summed E-state index contributed by atoms with van der Waals surface area (Å²) in [7, 11) is 0. The van der Waals surface area contributed by atoms with Gasteiger partial charge in [0.15, 0.2) is 5.76 Å². The largest absolute Gasteiger partial charge is 0.439 e. The molecule has 0 N–H and O–H groups in total. The number of rotatable bonds is 4. The molecule has 2 fully saturated rings. The van der Waals surface area contributed by atoms with Gasteiger partial charge in [0.25, 0.3) is 5.91 Å². The lowest BCUT2D eigenvalue weighted by Gasteiger charge is -2.35. The number of piperazine rings is 1. The number of halogens is 1. The fourth-order valence-electron chi connectivity index (χ4n) is 3.45. The van der Waals surface area contributed by atoms with Crippen LogP contribution in [0.15, 0.2) is 34.9 Å². The van der Waals surface area contributed by atoms with Crippen molar-refractivity contribution in [3.63, 3.8) is 0 Å². The van der Waals surface area contributed by atoms with Crippen LogP contribution in [-0.4, -0.2) is 59.6 Å². The van der Waals surface area contributed by atoms with Crippen molar-refractivity contribution in [1.29, 1.82) is 0 Å². The van der Waals surface area contributed by atoms with Crippen LogP contribution in [0.25, 0.3) is 11.3 Å². The third kappa shape index (κ3) is 3.92. The molecule has 6 nitrogen and oxygen atoms in total. The highest BCUT2D eigenvalue weighted by Gasteiger charge is 2.30. The zero-order chi connectivity index (χ0) is 17.9. The second-order valence-electron chi connectivity index (χ2n) is 6.73. The number of carbonyl (C=O) groups excluding carboxylic acids is 1. The van der Waals surface area contributed by atoms with E-state index in [0.29, 0.717) is 24.1 Å². The molecule has 1 amide bonds. The van der Waals surface area contributed by atoms with E-state index >= 15 is 0 Å². The minimum atomic E-state index is -0.228. The maximum atomic E-state index is 12.4. The number of aromatic nitrogens is 1. The fourth-order valence-corrected chi connectivity index (χ4v) is 3.64. The smallest absolute Gasteiger partial charge is 0.251 e. The molecular formula is C19H22ClN3O3. The quantitative estimate of drug-likeness (QED) is 0.822. The van der Waals surface area contributed by atoms with Crippen LogP contribution in [0.5, 0.6) is 0 Å². The lowest BCUT2D eigenvalue weighted by Crippen LogP contribution is -2.51. The molecule has 4 rings (SSSR count). The van der Waals surface area contributed by atoms with Crippen molar-refractivity contribution in [1.82, 2.24) is 14.8 Å². The number of benzene rings is 1. The number of ether oxygens (including phenoxy) is 1. The lowest BCUT2D eigenvalue weighted by atomic mass is 10.2. The second kappa shape index (κ2) is 7.78. The molecule has 1 aromatic heterocycles. The van der Waals surface area contributed by atoms with Crippen LogP contribution in [0.2, 0.25) is 5.02 Å². The summed E-state index contributed by atoms with van der Waals surface area (Å²) >= 11 is 6.03. The summed E-state index contributed by atoms with van der Waals surface area (Å²) < 4.78 is 11.4. The SMILES string of the molecule is O=C([C@H]1CCCO1)N1CCN(Cc2ncc(-c3cccc(Cl)c3)o2)CC1. The molecule has 2 saturated heterocycles. The first-order chi connectivity index (χ1) is 12.7. The molecule has 1 aromatic carbocycles. The van der Waals surface area contributed by atoms with E-state index in [1.165, 1.54) is 0 Å². The van der Waals surface area contributed by atoms with Crippen molar-refractivity contribution in [3.8, 4) is 11.3 Å². The highest BCUT2D eigenvalue weighted by atomic mass is 35.5. The Labute approximate surface area is 157 Å². The maximum Gasteiger partial charge on any atom is 0.251 e. The summed E-state index contributed by atoms with van der Waals surface area (Å²) in [5.74, 6) is 1.54. The summed E-state index contributed by atoms with van der Waals surface area (Å²) in [6.45, 7) is 4.42. The van der Waals surface area contributed by atoms with E-state index in [0.717, 1.165) is 50.3 Å². The number of carbonyl (C=O) groups is 1. The Morgan fingerprint density at radius 2 is 2.12 bits per heavy atom. The van der Waals surface area contributed by atoms with Gasteiger partial charge in [0.1, 0.15) is 6.10 Å². The fraction of sp³-hybridized carbons (Fsp3) is 0.474. The summed E-state index contributed by atoms with van der Waals surface area (Å²) in [6, 6.07) is 7.54. The molecule has 0 bridgehead atoms. The van der Waals surface area contributed by atoms with Gasteiger partial charge in [-0.1, -0.05) is 23.7 Å². The molecule has 0 radical (unpaired) electrons. The van der Waals surface area contributed by atoms with Crippen molar-refractivity contribution < 1.29 is 13.9 Å². The van der Waals surface area contributed by atoms with Crippen LogP contribution < -0.4 is 0 Å². The zero-order valence-electron chi connectivity index (χ0n) is 14.6. The first-order valence-electron chi connectivity index (χ1n) is 9.02. The van der Waals surface area contributed by atoms with E-state index in [2.05, 4.69) is 9.88 Å². The molecular weight excluding hydrogens is 354 g/mol. The third-order valence-corrected chi connectivity index (χ3v) is 5.15. The zero-order valence-corrected chi connectivity index (χ0v) is 15.3. The van der Waals surface area contributed by atoms with E-state index in [1.807, 2.05) is 29.2 Å². The van der Waals surface area contributed by atoms with Crippen molar-refractivity contribution in [3.05, 3.63) is 41.4 Å². The lowest BCUT2D eigenvalue weighted by molar-refractivity contribution is -0.142. The van der Waals surface area contributed by atoms with E-state index in [-0.39, 0.29) is 12.0 Å². The van der Waals surface area contributed by atoms with Crippen molar-refractivity contribution in [2.75, 3.05) is 32.8 Å². The number of nitrogens with zero attached hydrogens (tertiary/aromatic N) is 3. The molecule has 2 aliphatic heterocycles. The van der Waals surface area contributed by atoms with E-state index < -0.39 is 0 Å². The van der Waals surface area contributed by atoms with Crippen molar-refractivity contribution in [2.24, 2.45) is 0 Å². The standard InChI is InChI=1S/C19H22ClN3O3/c20-15-4-1-3-14(11-15)17-12-21-18(26-17)13-22-6-8-23(9-7-22)19(24)16-5-2-10-25-16/h1,3-4,11-12,16H,2,5-10,13H2/t16-/m1/s1. The van der Waals surface area contributed by atoms with Crippen LogP contribution in [0.3, 0.4) is 0 Å². The summed E-state index contributed by atoms with van der Waals surface area (Å²) in [5.41, 5.74) is 0.920. The van der Waals surface area contributed by atoms with E-state index in [1.54, 1.807) is 6.20 Å². The van der Waals surface area contributed by atoms with Crippen LogP contribution in [-0.2, 0) is 16.1 Å². The van der Waals surface area contributed by atoms with Crippen LogP contribution in [0.4, 0.5) is 0 Å². The Hall–Kier alpha value is -1.89. The Balaban J connectivity index is 1.31. The normalized spacial score (nSPS) is 21.3. The minimum absolute atomic E-state index is 0.140. The van der Waals surface area contributed by atoms with Gasteiger partial charge in [-0.05, 0) is 25.0 Å². The predicted octanol–water partition coefficient (Wildman–Crippen LogP) is 2.82. The number of hydrogen-bond acceptors (Lipinski definition) is 5. The molecule has 26 heavy (non-hydrogen) atoms. The van der Waals surface area contributed by atoms with Crippen LogP contribution >= 0.6 is 11.6 Å². The number of amides is 1. The van der Waals surface area contributed by atoms with Crippen LogP contribution in [0.1, 0.15) is 18.7 Å². The van der Waals surface area contributed by atoms with Gasteiger partial charge in [-0.3, -0.25) is 9.69 Å². The summed E-state index contributed by atoms with van der Waals surface area (Å²) in [6.07, 6.45) is 3.34. The van der Waals surface area contributed by atoms with Gasteiger partial charge in [-0.15, -0.1) is 0 Å². The van der Waals surface area contributed by atoms with Gasteiger partial charge in [0, 0.05) is 43.4 Å². The van der Waals surface area contributed by atoms with Gasteiger partial charge in [0.2, 0.25) is 5.89 Å². The van der Waals surface area contributed by atoms with Crippen molar-refractivity contribution in [2.45, 2.75) is 25.5 Å². The average Bonchev–Trinajstić information content (AvgIpc) is 3.34. The Kier molecular flexibility index (Phi) is 5.24.